The van der Waals surface area contributed by atoms with Gasteiger partial charge in [-0.05, 0) is 182 Å². The summed E-state index contributed by atoms with van der Waals surface area (Å²) in [6.07, 6.45) is 9.43. The van der Waals surface area contributed by atoms with Crippen molar-refractivity contribution in [2.45, 2.75) is 182 Å². The first kappa shape index (κ1) is 50.7. The topological polar surface area (TPSA) is 198 Å². The van der Waals surface area contributed by atoms with Crippen molar-refractivity contribution in [3.63, 3.8) is 0 Å². The number of hydrogen-bond acceptors (Lipinski definition) is 14. The summed E-state index contributed by atoms with van der Waals surface area (Å²) in [5, 5.41) is 77.2. The first-order valence-corrected chi connectivity index (χ1v) is 28.7. The van der Waals surface area contributed by atoms with Crippen LogP contribution >= 0.6 is 21.6 Å². The molecule has 0 spiro atoms. The molecular weight excluding hydrogens is 937 g/mol. The lowest BCUT2D eigenvalue weighted by Crippen LogP contribution is -2.44. The Kier molecular flexibility index (Phi) is 15.4. The zero-order valence-corrected chi connectivity index (χ0v) is 42.8. The predicted molar refractivity (Wildman–Crippen MR) is 280 cm³/mol. The van der Waals surface area contributed by atoms with Gasteiger partial charge >= 0.3 is 0 Å². The Morgan fingerprint density at radius 3 is 2.51 bits per heavy atom. The molecule has 3 aliphatic carbocycles. The van der Waals surface area contributed by atoms with Gasteiger partial charge in [0.15, 0.2) is 17.3 Å². The number of nitrogens with one attached hydrogen (secondary N) is 2. The fourth-order valence-corrected chi connectivity index (χ4v) is 16.5. The summed E-state index contributed by atoms with van der Waals surface area (Å²) >= 11 is 0. The number of Topliss-reactive ketones (excluding diaryl/α,β-unsaturated/α-hetero) is 2. The van der Waals surface area contributed by atoms with E-state index in [0.29, 0.717) is 54.7 Å². The van der Waals surface area contributed by atoms with Gasteiger partial charge in [0.25, 0.3) is 0 Å². The van der Waals surface area contributed by atoms with Crippen LogP contribution in [0.15, 0.2) is 48.5 Å². The number of aliphatic hydroxyl groups is 4. The molecule has 2 bridgehead atoms. The number of fused-ring (bicyclic) bond motifs is 9. The molecule has 10 unspecified atom stereocenters. The van der Waals surface area contributed by atoms with E-state index in [9.17, 15) is 40.2 Å². The van der Waals surface area contributed by atoms with Crippen LogP contribution in [0.3, 0.4) is 0 Å². The van der Waals surface area contributed by atoms with Gasteiger partial charge in [0.2, 0.25) is 0 Å². The second kappa shape index (κ2) is 21.5. The standard InChI is InChI=1S/C57H72N2O10S2/c1-31(62)46-16-8-35-23-36(28-60)41-15-11-38(19-22-57(67)20-3-4-21-57)58-56(44-24-37(29-61)54(59-46)52(35)53(41)44)69-49-27-40(64)13-6-33-9-17-47(65)55(68-2)51(33)42-14-7-32-5-12-39(63)26-43(32)45(42)30-70-71-50-18-10-34(49)25-48(50)66/h5,7,9,12,14,17,24,26,34-36,38,41,46,48-50,56,58-61,63,65-67H,3-4,6,8,10-11,13,15-16,18-23,25,27-30H2,1-2H3. The Morgan fingerprint density at radius 2 is 1.75 bits per heavy atom. The highest BCUT2D eigenvalue weighted by Gasteiger charge is 2.45. The second-order valence-electron chi connectivity index (χ2n) is 21.7. The number of aliphatic hydroxyl groups excluding tert-OH is 3. The fraction of sp³-hybridized carbons (Fsp3) is 0.579. The molecule has 0 aromatic heterocycles. The van der Waals surface area contributed by atoms with Crippen molar-refractivity contribution in [2.24, 2.45) is 11.8 Å². The van der Waals surface area contributed by atoms with Crippen LogP contribution in [0.5, 0.6) is 17.2 Å². The molecule has 11 rings (SSSR count). The monoisotopic (exact) mass is 1010 g/mol. The molecule has 382 valence electrons. The lowest BCUT2D eigenvalue weighted by atomic mass is 9.65. The third-order valence-electron chi connectivity index (χ3n) is 17.4. The molecular formula is C57H72N2O10S2. The van der Waals surface area contributed by atoms with Gasteiger partial charge in [-0.25, -0.2) is 0 Å². The zero-order valence-electron chi connectivity index (χ0n) is 41.2. The summed E-state index contributed by atoms with van der Waals surface area (Å²) in [4.78, 5) is 27.8. The van der Waals surface area contributed by atoms with E-state index in [2.05, 4.69) is 10.6 Å². The number of aryl methyl sites for hydroxylation is 1. The van der Waals surface area contributed by atoms with Crippen LogP contribution in [-0.4, -0.2) is 91.1 Å². The van der Waals surface area contributed by atoms with E-state index in [1.54, 1.807) is 46.7 Å². The Balaban J connectivity index is 1.05. The number of ketones is 2. The number of anilines is 1. The van der Waals surface area contributed by atoms with E-state index in [4.69, 9.17) is 9.47 Å². The molecule has 0 radical (unpaired) electrons. The van der Waals surface area contributed by atoms with Gasteiger partial charge in [-0.3, -0.25) is 14.9 Å². The van der Waals surface area contributed by atoms with Crippen molar-refractivity contribution in [1.29, 1.82) is 0 Å². The molecule has 4 heterocycles. The van der Waals surface area contributed by atoms with E-state index in [0.717, 1.165) is 114 Å². The Hall–Kier alpha value is -3.86. The van der Waals surface area contributed by atoms with Gasteiger partial charge in [-0.2, -0.15) is 0 Å². The summed E-state index contributed by atoms with van der Waals surface area (Å²) in [7, 11) is 4.87. The second-order valence-corrected chi connectivity index (χ2v) is 24.4. The molecule has 0 amide bonds. The summed E-state index contributed by atoms with van der Waals surface area (Å²) < 4.78 is 13.5. The maximum Gasteiger partial charge on any atom is 0.168 e. The molecule has 12 nitrogen and oxygen atoms in total. The molecule has 4 aromatic carbocycles. The lowest BCUT2D eigenvalue weighted by Gasteiger charge is -2.45. The van der Waals surface area contributed by atoms with Crippen molar-refractivity contribution < 1.29 is 49.7 Å². The van der Waals surface area contributed by atoms with E-state index >= 15 is 0 Å². The number of rotatable bonds is 9. The molecule has 2 saturated carbocycles. The first-order chi connectivity index (χ1) is 34.3. The number of phenols is 2. The van der Waals surface area contributed by atoms with Crippen LogP contribution in [0.1, 0.15) is 161 Å². The molecule has 0 saturated heterocycles. The van der Waals surface area contributed by atoms with Gasteiger partial charge in [-0.15, -0.1) is 0 Å². The van der Waals surface area contributed by atoms with Crippen molar-refractivity contribution >= 4 is 49.6 Å². The molecule has 2 fully saturated rings. The number of hydrogen-bond donors (Lipinski definition) is 8. The van der Waals surface area contributed by atoms with Crippen LogP contribution in [0, 0.1) is 11.8 Å². The molecule has 10 atom stereocenters. The minimum atomic E-state index is -0.710. The number of benzene rings is 4. The predicted octanol–water partition coefficient (Wildman–Crippen LogP) is 10.00. The molecule has 8 N–H and O–H groups in total. The number of methoxy groups -OCH3 is 1. The molecule has 71 heavy (non-hydrogen) atoms. The van der Waals surface area contributed by atoms with E-state index in [1.807, 2.05) is 30.3 Å². The summed E-state index contributed by atoms with van der Waals surface area (Å²) in [5.41, 5.74) is 7.30. The highest BCUT2D eigenvalue weighted by atomic mass is 33.1. The normalized spacial score (nSPS) is 29.7. The van der Waals surface area contributed by atoms with Gasteiger partial charge < -0.3 is 45.4 Å². The van der Waals surface area contributed by atoms with Crippen LogP contribution in [-0.2, 0) is 33.1 Å². The number of aromatic hydroxyl groups is 2. The Bertz CT molecular complexity index is 2620. The quantitative estimate of drug-likeness (QED) is 0.0737. The maximum absolute atomic E-state index is 14.8. The molecule has 4 aliphatic heterocycles. The Morgan fingerprint density at radius 1 is 0.930 bits per heavy atom. The largest absolute Gasteiger partial charge is 0.508 e. The average molecular weight is 1010 g/mol. The van der Waals surface area contributed by atoms with Crippen LogP contribution in [0.2, 0.25) is 0 Å². The molecule has 7 aliphatic rings. The van der Waals surface area contributed by atoms with Gasteiger partial charge in [0, 0.05) is 53.3 Å². The highest BCUT2D eigenvalue weighted by Crippen LogP contribution is 2.55. The SMILES string of the molecule is COc1c(O)ccc2c1-c1ccc3ccc(O)cc3c1CSSC1CCC(CC1O)C(OC1NC(CCC3(O)CCCC3)CCC3c4c1cc(CO)c1c4C(CCC(C(C)=O)N1)CC3CO)CC(=O)CC2. The van der Waals surface area contributed by atoms with Crippen LogP contribution in [0.4, 0.5) is 5.69 Å². The smallest absolute Gasteiger partial charge is 0.168 e. The lowest BCUT2D eigenvalue weighted by molar-refractivity contribution is -0.129. The summed E-state index contributed by atoms with van der Waals surface area (Å²) in [5.74, 6) is 0.952. The van der Waals surface area contributed by atoms with Gasteiger partial charge in [-0.1, -0.05) is 58.7 Å². The van der Waals surface area contributed by atoms with Crippen LogP contribution in [0.25, 0.3) is 21.9 Å². The molecule has 4 aromatic rings. The maximum atomic E-state index is 14.8. The zero-order chi connectivity index (χ0) is 49.6. The number of carbonyl (C=O) groups is 2. The number of phenolic OH excluding ortho intramolecular Hbond substituents is 2. The highest BCUT2D eigenvalue weighted by molar-refractivity contribution is 8.76. The number of ether oxygens (including phenoxy) is 2. The van der Waals surface area contributed by atoms with Crippen molar-refractivity contribution in [3.05, 3.63) is 81.9 Å². The summed E-state index contributed by atoms with van der Waals surface area (Å²) in [6.45, 7) is 1.39. The van der Waals surface area contributed by atoms with E-state index in [-0.39, 0.29) is 90.1 Å². The molecule has 14 heteroatoms. The van der Waals surface area contributed by atoms with E-state index < -0.39 is 24.0 Å². The summed E-state index contributed by atoms with van der Waals surface area (Å²) in [6, 6.07) is 14.5. The van der Waals surface area contributed by atoms with E-state index in [1.165, 1.54) is 7.11 Å². The Labute approximate surface area is 425 Å². The average Bonchev–Trinajstić information content (AvgIpc) is 3.70. The number of carbonyl (C=O) groups excluding carboxylic acids is 2. The van der Waals surface area contributed by atoms with Crippen molar-refractivity contribution in [1.82, 2.24) is 5.32 Å². The van der Waals surface area contributed by atoms with Gasteiger partial charge in [0.1, 0.15) is 17.8 Å². The third kappa shape index (κ3) is 10.4. The van der Waals surface area contributed by atoms with Gasteiger partial charge in [0.05, 0.1) is 37.6 Å². The first-order valence-electron chi connectivity index (χ1n) is 26.3. The third-order valence-corrected chi connectivity index (χ3v) is 20.2. The van der Waals surface area contributed by atoms with Crippen molar-refractivity contribution in [3.8, 4) is 28.4 Å². The van der Waals surface area contributed by atoms with Crippen LogP contribution < -0.4 is 15.4 Å². The fourth-order valence-electron chi connectivity index (χ4n) is 13.6. The minimum absolute atomic E-state index is 0.00760. The van der Waals surface area contributed by atoms with Crippen molar-refractivity contribution in [2.75, 3.05) is 19.0 Å². The minimum Gasteiger partial charge on any atom is -0.508 e.